The van der Waals surface area contributed by atoms with Gasteiger partial charge in [-0.3, -0.25) is 19.5 Å². The van der Waals surface area contributed by atoms with E-state index in [1.807, 2.05) is 26.8 Å². The lowest BCUT2D eigenvalue weighted by Gasteiger charge is -2.30. The molecule has 1 aliphatic heterocycles. The largest absolute Gasteiger partial charge is 0.353 e. The monoisotopic (exact) mass is 372 g/mol. The smallest absolute Gasteiger partial charge is 0.251 e. The number of aromatic nitrogens is 1. The van der Waals surface area contributed by atoms with Gasteiger partial charge in [-0.15, -0.1) is 0 Å². The number of likely N-dealkylation sites (tertiary alicyclic amines) is 1. The van der Waals surface area contributed by atoms with E-state index in [0.717, 1.165) is 31.5 Å². The predicted octanol–water partition coefficient (Wildman–Crippen LogP) is 2.28. The summed E-state index contributed by atoms with van der Waals surface area (Å²) in [4.78, 5) is 32.0. The van der Waals surface area contributed by atoms with Gasteiger partial charge in [-0.2, -0.15) is 0 Å². The van der Waals surface area contributed by atoms with E-state index in [0.29, 0.717) is 18.0 Å². The Balaban J connectivity index is 1.68. The molecule has 0 aromatic carbocycles. The molecule has 2 amide bonds. The Morgan fingerprint density at radius 1 is 1.30 bits per heavy atom. The summed E-state index contributed by atoms with van der Waals surface area (Å²) in [5, 5.41) is 6.21. The number of nitrogens with zero attached hydrogens (tertiary/aromatic N) is 2. The predicted molar refractivity (Wildman–Crippen MR) is 106 cm³/mol. The number of hydrogen-bond acceptors (Lipinski definition) is 4. The van der Waals surface area contributed by atoms with Crippen LogP contribution in [0.5, 0.6) is 0 Å². The second kappa shape index (κ2) is 8.83. The maximum Gasteiger partial charge on any atom is 0.251 e. The van der Waals surface area contributed by atoms with Gasteiger partial charge in [0, 0.05) is 42.1 Å². The number of carbonyl (C=O) groups is 2. The third kappa shape index (κ3) is 4.86. The molecule has 1 saturated carbocycles. The third-order valence-electron chi connectivity index (χ3n) is 5.64. The standard InChI is InChI=1S/C21H32N4O2/c1-4-16-11-15(9-10-22-16)20(26)24-17-12-19(21(27)23-14(2)3)25(13-17)18-7-5-6-8-18/h9-11,14,17-19H,4-8,12-13H2,1-3H3,(H,23,27)(H,24,26)/t17-,19+/m1/s1. The molecule has 2 atom stereocenters. The van der Waals surface area contributed by atoms with Gasteiger partial charge in [0.1, 0.15) is 0 Å². The molecule has 0 spiro atoms. The summed E-state index contributed by atoms with van der Waals surface area (Å²) in [6, 6.07) is 4.04. The van der Waals surface area contributed by atoms with Gasteiger partial charge >= 0.3 is 0 Å². The Bertz CT molecular complexity index is 670. The fourth-order valence-electron chi connectivity index (χ4n) is 4.33. The van der Waals surface area contributed by atoms with Crippen LogP contribution in [0.25, 0.3) is 0 Å². The van der Waals surface area contributed by atoms with Crippen molar-refractivity contribution < 1.29 is 9.59 Å². The molecule has 0 bridgehead atoms. The highest BCUT2D eigenvalue weighted by atomic mass is 16.2. The molecule has 1 aliphatic carbocycles. The summed E-state index contributed by atoms with van der Waals surface area (Å²) in [7, 11) is 0. The molecule has 27 heavy (non-hydrogen) atoms. The van der Waals surface area contributed by atoms with Crippen molar-refractivity contribution in [3.63, 3.8) is 0 Å². The number of nitrogens with one attached hydrogen (secondary N) is 2. The number of amides is 2. The molecule has 2 fully saturated rings. The van der Waals surface area contributed by atoms with Gasteiger partial charge in [0.05, 0.1) is 6.04 Å². The molecule has 0 unspecified atom stereocenters. The molecule has 6 nitrogen and oxygen atoms in total. The Morgan fingerprint density at radius 2 is 2.04 bits per heavy atom. The highest BCUT2D eigenvalue weighted by molar-refractivity contribution is 5.94. The summed E-state index contributed by atoms with van der Waals surface area (Å²) < 4.78 is 0. The zero-order valence-corrected chi connectivity index (χ0v) is 16.7. The number of pyridine rings is 1. The molecule has 1 saturated heterocycles. The minimum Gasteiger partial charge on any atom is -0.353 e. The molecule has 148 valence electrons. The molecular weight excluding hydrogens is 340 g/mol. The Morgan fingerprint density at radius 3 is 2.70 bits per heavy atom. The third-order valence-corrected chi connectivity index (χ3v) is 5.64. The van der Waals surface area contributed by atoms with Crippen LogP contribution in [0.1, 0.15) is 68.9 Å². The van der Waals surface area contributed by atoms with Crippen LogP contribution in [0.4, 0.5) is 0 Å². The molecule has 0 radical (unpaired) electrons. The average molecular weight is 373 g/mol. The Hall–Kier alpha value is -1.95. The van der Waals surface area contributed by atoms with E-state index < -0.39 is 0 Å². The van der Waals surface area contributed by atoms with Crippen LogP contribution in [-0.2, 0) is 11.2 Å². The first kappa shape index (κ1) is 19.8. The minimum absolute atomic E-state index is 0.000691. The van der Waals surface area contributed by atoms with Gasteiger partial charge in [0.15, 0.2) is 0 Å². The van der Waals surface area contributed by atoms with E-state index in [9.17, 15) is 9.59 Å². The van der Waals surface area contributed by atoms with Crippen molar-refractivity contribution in [2.75, 3.05) is 6.54 Å². The van der Waals surface area contributed by atoms with Gasteiger partial charge in [-0.1, -0.05) is 19.8 Å². The molecule has 2 heterocycles. The maximum atomic E-state index is 12.7. The van der Waals surface area contributed by atoms with E-state index in [4.69, 9.17) is 0 Å². The van der Waals surface area contributed by atoms with Crippen molar-refractivity contribution in [2.24, 2.45) is 0 Å². The maximum absolute atomic E-state index is 12.7. The summed E-state index contributed by atoms with van der Waals surface area (Å²) in [5.41, 5.74) is 1.56. The fraction of sp³-hybridized carbons (Fsp3) is 0.667. The second-order valence-electron chi connectivity index (χ2n) is 8.11. The van der Waals surface area contributed by atoms with Crippen LogP contribution < -0.4 is 10.6 Å². The average Bonchev–Trinajstić information content (AvgIpc) is 3.30. The molecule has 6 heteroatoms. The minimum atomic E-state index is -0.149. The molecule has 1 aromatic rings. The molecule has 2 N–H and O–H groups in total. The van der Waals surface area contributed by atoms with Crippen LogP contribution in [0.3, 0.4) is 0 Å². The van der Waals surface area contributed by atoms with Crippen molar-refractivity contribution in [1.82, 2.24) is 20.5 Å². The number of hydrogen-bond donors (Lipinski definition) is 2. The molecule has 3 rings (SSSR count). The normalized spacial score (nSPS) is 23.7. The first-order valence-corrected chi connectivity index (χ1v) is 10.3. The highest BCUT2D eigenvalue weighted by Gasteiger charge is 2.41. The summed E-state index contributed by atoms with van der Waals surface area (Å²) in [6.45, 7) is 6.75. The van der Waals surface area contributed by atoms with E-state index in [-0.39, 0.29) is 29.9 Å². The van der Waals surface area contributed by atoms with Crippen LogP contribution in [0.2, 0.25) is 0 Å². The zero-order valence-electron chi connectivity index (χ0n) is 16.7. The second-order valence-corrected chi connectivity index (χ2v) is 8.11. The lowest BCUT2D eigenvalue weighted by Crippen LogP contribution is -2.48. The van der Waals surface area contributed by atoms with E-state index in [2.05, 4.69) is 20.5 Å². The number of aryl methyl sites for hydroxylation is 1. The van der Waals surface area contributed by atoms with Crippen molar-refractivity contribution >= 4 is 11.8 Å². The van der Waals surface area contributed by atoms with Gasteiger partial charge in [0.2, 0.25) is 5.91 Å². The SMILES string of the molecule is CCc1cc(C(=O)N[C@@H]2C[C@@H](C(=O)NC(C)C)N(C3CCCC3)C2)ccn1. The Kier molecular flexibility index (Phi) is 6.47. The summed E-state index contributed by atoms with van der Waals surface area (Å²) in [5.74, 6) is 0.0132. The first-order valence-electron chi connectivity index (χ1n) is 10.3. The zero-order chi connectivity index (χ0) is 19.4. The van der Waals surface area contributed by atoms with Crippen LogP contribution in [0.15, 0.2) is 18.3 Å². The number of rotatable bonds is 6. The van der Waals surface area contributed by atoms with Crippen molar-refractivity contribution in [3.05, 3.63) is 29.6 Å². The molecular formula is C21H32N4O2. The van der Waals surface area contributed by atoms with E-state index >= 15 is 0 Å². The van der Waals surface area contributed by atoms with Crippen molar-refractivity contribution in [1.29, 1.82) is 0 Å². The topological polar surface area (TPSA) is 74.3 Å². The van der Waals surface area contributed by atoms with E-state index in [1.54, 1.807) is 12.3 Å². The van der Waals surface area contributed by atoms with Gasteiger partial charge in [-0.05, 0) is 51.7 Å². The number of carbonyl (C=O) groups excluding carboxylic acids is 2. The van der Waals surface area contributed by atoms with Crippen LogP contribution >= 0.6 is 0 Å². The van der Waals surface area contributed by atoms with Crippen LogP contribution in [-0.4, -0.2) is 52.4 Å². The van der Waals surface area contributed by atoms with Crippen molar-refractivity contribution in [3.8, 4) is 0 Å². The van der Waals surface area contributed by atoms with Gasteiger partial charge in [0.25, 0.3) is 5.91 Å². The Labute approximate surface area is 162 Å². The van der Waals surface area contributed by atoms with Crippen molar-refractivity contribution in [2.45, 2.75) is 83.5 Å². The summed E-state index contributed by atoms with van der Waals surface area (Å²) in [6.07, 6.45) is 7.92. The molecule has 1 aromatic heterocycles. The van der Waals surface area contributed by atoms with Gasteiger partial charge < -0.3 is 10.6 Å². The van der Waals surface area contributed by atoms with E-state index in [1.165, 1.54) is 12.8 Å². The lowest BCUT2D eigenvalue weighted by molar-refractivity contribution is -0.126. The van der Waals surface area contributed by atoms with Crippen LogP contribution in [0, 0.1) is 0 Å². The fourth-order valence-corrected chi connectivity index (χ4v) is 4.33. The quantitative estimate of drug-likeness (QED) is 0.803. The lowest BCUT2D eigenvalue weighted by atomic mass is 10.1. The first-order chi connectivity index (χ1) is 13.0. The molecule has 2 aliphatic rings. The highest BCUT2D eigenvalue weighted by Crippen LogP contribution is 2.30. The summed E-state index contributed by atoms with van der Waals surface area (Å²) >= 11 is 0. The van der Waals surface area contributed by atoms with Gasteiger partial charge in [-0.25, -0.2) is 0 Å².